The average molecular weight is 345 g/mol. The van der Waals surface area contributed by atoms with E-state index < -0.39 is 11.2 Å². The van der Waals surface area contributed by atoms with Gasteiger partial charge in [0, 0.05) is 19.0 Å². The molecule has 0 aliphatic heterocycles. The van der Waals surface area contributed by atoms with E-state index in [2.05, 4.69) is 24.1 Å². The van der Waals surface area contributed by atoms with Crippen LogP contribution in [0.4, 0.5) is 0 Å². The van der Waals surface area contributed by atoms with Crippen LogP contribution in [-0.2, 0) is 11.3 Å². The van der Waals surface area contributed by atoms with Gasteiger partial charge in [-0.05, 0) is 31.4 Å². The quantitative estimate of drug-likeness (QED) is 0.770. The van der Waals surface area contributed by atoms with E-state index in [0.717, 1.165) is 19.3 Å². The first kappa shape index (κ1) is 19.0. The molecule has 0 saturated carbocycles. The number of benzene rings is 1. The van der Waals surface area contributed by atoms with Crippen molar-refractivity contribution in [3.05, 3.63) is 45.1 Å². The Morgan fingerprint density at radius 1 is 1.16 bits per heavy atom. The average Bonchev–Trinajstić information content (AvgIpc) is 2.54. The van der Waals surface area contributed by atoms with Crippen LogP contribution >= 0.6 is 0 Å². The lowest BCUT2D eigenvalue weighted by Crippen LogP contribution is -2.35. The molecule has 2 aromatic rings. The number of aryl methyl sites for hydroxylation is 1. The molecule has 0 fully saturated rings. The largest absolute Gasteiger partial charge is 0.354 e. The van der Waals surface area contributed by atoms with Crippen LogP contribution in [0.5, 0.6) is 0 Å². The molecule has 1 heterocycles. The van der Waals surface area contributed by atoms with Gasteiger partial charge in [0.25, 0.3) is 5.56 Å². The van der Waals surface area contributed by atoms with Crippen molar-refractivity contribution in [3.63, 3.8) is 0 Å². The Kier molecular flexibility index (Phi) is 6.56. The lowest BCUT2D eigenvalue weighted by Gasteiger charge is -2.15. The highest BCUT2D eigenvalue weighted by atomic mass is 16.2. The van der Waals surface area contributed by atoms with Crippen molar-refractivity contribution < 1.29 is 4.79 Å². The maximum atomic E-state index is 12.1. The summed E-state index contributed by atoms with van der Waals surface area (Å²) in [7, 11) is 0. The van der Waals surface area contributed by atoms with Gasteiger partial charge in [-0.25, -0.2) is 4.79 Å². The molecule has 6 heteroatoms. The first-order valence-corrected chi connectivity index (χ1v) is 8.89. The Hall–Kier alpha value is -2.37. The molecule has 0 saturated heterocycles. The van der Waals surface area contributed by atoms with Gasteiger partial charge in [0.1, 0.15) is 0 Å². The van der Waals surface area contributed by atoms with E-state index in [9.17, 15) is 14.4 Å². The number of aromatic nitrogens is 2. The van der Waals surface area contributed by atoms with E-state index in [-0.39, 0.29) is 24.9 Å². The van der Waals surface area contributed by atoms with Gasteiger partial charge in [-0.1, -0.05) is 38.8 Å². The summed E-state index contributed by atoms with van der Waals surface area (Å²) in [5.74, 6) is 0.586. The van der Waals surface area contributed by atoms with E-state index in [1.54, 1.807) is 24.3 Å². The topological polar surface area (TPSA) is 84.0 Å². The third-order valence-corrected chi connectivity index (χ3v) is 4.29. The van der Waals surface area contributed by atoms with Crippen LogP contribution in [-0.4, -0.2) is 21.5 Å². The zero-order valence-corrected chi connectivity index (χ0v) is 15.2. The molecular weight excluding hydrogens is 318 g/mol. The zero-order valence-electron chi connectivity index (χ0n) is 15.2. The highest BCUT2D eigenvalue weighted by Gasteiger charge is 2.11. The van der Waals surface area contributed by atoms with Gasteiger partial charge in [0.15, 0.2) is 0 Å². The van der Waals surface area contributed by atoms with Crippen LogP contribution in [0.15, 0.2) is 33.9 Å². The fourth-order valence-electron chi connectivity index (χ4n) is 2.93. The molecule has 1 aromatic carbocycles. The fourth-order valence-corrected chi connectivity index (χ4v) is 2.93. The molecule has 25 heavy (non-hydrogen) atoms. The lowest BCUT2D eigenvalue weighted by atomic mass is 10.0. The van der Waals surface area contributed by atoms with Crippen molar-refractivity contribution in [1.29, 1.82) is 0 Å². The molecule has 1 unspecified atom stereocenters. The van der Waals surface area contributed by atoms with E-state index in [1.165, 1.54) is 4.57 Å². The third-order valence-electron chi connectivity index (χ3n) is 4.29. The van der Waals surface area contributed by atoms with Gasteiger partial charge in [0.05, 0.1) is 10.9 Å². The third kappa shape index (κ3) is 5.31. The van der Waals surface area contributed by atoms with Gasteiger partial charge < -0.3 is 5.32 Å². The van der Waals surface area contributed by atoms with Gasteiger partial charge >= 0.3 is 5.69 Å². The summed E-state index contributed by atoms with van der Waals surface area (Å²) in [5, 5.41) is 3.43. The van der Waals surface area contributed by atoms with Gasteiger partial charge in [-0.3, -0.25) is 19.1 Å². The first-order valence-electron chi connectivity index (χ1n) is 8.89. The second-order valence-electron chi connectivity index (χ2n) is 6.97. The summed E-state index contributed by atoms with van der Waals surface area (Å²) in [5.41, 5.74) is -0.337. The summed E-state index contributed by atoms with van der Waals surface area (Å²) in [4.78, 5) is 38.3. The number of nitrogens with one attached hydrogen (secondary N) is 2. The van der Waals surface area contributed by atoms with E-state index in [1.807, 2.05) is 6.92 Å². The van der Waals surface area contributed by atoms with E-state index in [0.29, 0.717) is 16.8 Å². The standard InChI is InChI=1S/C19H27N3O3/c1-13(2)7-6-8-14(3)20-17(23)11-12-22-16-10-5-4-9-15(16)18(24)21-19(22)25/h4-5,9-10,13-14H,6-8,11-12H2,1-3H3,(H,20,23)(H,21,24,25). The monoisotopic (exact) mass is 345 g/mol. The Labute approximate surface area is 147 Å². The number of para-hydroxylation sites is 1. The number of aromatic amines is 1. The van der Waals surface area contributed by atoms with Crippen molar-refractivity contribution >= 4 is 16.8 Å². The molecule has 6 nitrogen and oxygen atoms in total. The van der Waals surface area contributed by atoms with E-state index in [4.69, 9.17) is 0 Å². The normalized spacial score (nSPS) is 12.5. The number of nitrogens with zero attached hydrogens (tertiary/aromatic N) is 1. The first-order chi connectivity index (χ1) is 11.9. The second-order valence-corrected chi connectivity index (χ2v) is 6.97. The van der Waals surface area contributed by atoms with Crippen molar-refractivity contribution in [3.8, 4) is 0 Å². The summed E-state index contributed by atoms with van der Waals surface area (Å²) in [6.07, 6.45) is 3.39. The summed E-state index contributed by atoms with van der Waals surface area (Å²) >= 11 is 0. The Morgan fingerprint density at radius 2 is 1.88 bits per heavy atom. The molecule has 0 spiro atoms. The molecule has 1 atom stereocenters. The van der Waals surface area contributed by atoms with Crippen LogP contribution in [0.3, 0.4) is 0 Å². The molecule has 1 amide bonds. The minimum Gasteiger partial charge on any atom is -0.354 e. The number of amides is 1. The Bertz CT molecular complexity index is 836. The molecule has 2 rings (SSSR count). The second kappa shape index (κ2) is 8.65. The number of H-pyrrole nitrogens is 1. The SMILES string of the molecule is CC(C)CCCC(C)NC(=O)CCn1c(=O)[nH]c(=O)c2ccccc21. The van der Waals surface area contributed by atoms with Crippen molar-refractivity contribution in [2.45, 2.75) is 59.0 Å². The maximum Gasteiger partial charge on any atom is 0.328 e. The van der Waals surface area contributed by atoms with Crippen LogP contribution < -0.4 is 16.6 Å². The highest BCUT2D eigenvalue weighted by molar-refractivity contribution is 5.78. The predicted molar refractivity (Wildman–Crippen MR) is 99.7 cm³/mol. The molecule has 0 bridgehead atoms. The van der Waals surface area contributed by atoms with Gasteiger partial charge in [-0.15, -0.1) is 0 Å². The van der Waals surface area contributed by atoms with Crippen molar-refractivity contribution in [2.75, 3.05) is 0 Å². The number of rotatable bonds is 8. The van der Waals surface area contributed by atoms with Gasteiger partial charge in [0.2, 0.25) is 5.91 Å². The van der Waals surface area contributed by atoms with Crippen LogP contribution in [0.25, 0.3) is 10.9 Å². The van der Waals surface area contributed by atoms with Crippen molar-refractivity contribution in [1.82, 2.24) is 14.9 Å². The number of fused-ring (bicyclic) bond motifs is 1. The van der Waals surface area contributed by atoms with E-state index >= 15 is 0 Å². The highest BCUT2D eigenvalue weighted by Crippen LogP contribution is 2.09. The summed E-state index contributed by atoms with van der Waals surface area (Å²) in [6.45, 7) is 6.62. The molecule has 0 aliphatic carbocycles. The predicted octanol–water partition coefficient (Wildman–Crippen LogP) is 2.41. The van der Waals surface area contributed by atoms with Crippen LogP contribution in [0.1, 0.15) is 46.5 Å². The smallest absolute Gasteiger partial charge is 0.328 e. The minimum atomic E-state index is -0.485. The zero-order chi connectivity index (χ0) is 18.4. The summed E-state index contributed by atoms with van der Waals surface area (Å²) in [6, 6.07) is 7.03. The molecule has 0 radical (unpaired) electrons. The number of hydrogen-bond acceptors (Lipinski definition) is 3. The minimum absolute atomic E-state index is 0.0840. The molecule has 1 aromatic heterocycles. The molecule has 2 N–H and O–H groups in total. The van der Waals surface area contributed by atoms with Gasteiger partial charge in [-0.2, -0.15) is 0 Å². The molecule has 0 aliphatic rings. The number of carbonyl (C=O) groups is 1. The number of carbonyl (C=O) groups excluding carboxylic acids is 1. The fraction of sp³-hybridized carbons (Fsp3) is 0.526. The summed E-state index contributed by atoms with van der Waals surface area (Å²) < 4.78 is 1.44. The van der Waals surface area contributed by atoms with Crippen LogP contribution in [0.2, 0.25) is 0 Å². The van der Waals surface area contributed by atoms with Crippen molar-refractivity contribution in [2.24, 2.45) is 5.92 Å². The maximum absolute atomic E-state index is 12.1. The number of hydrogen-bond donors (Lipinski definition) is 2. The Balaban J connectivity index is 1.97. The Morgan fingerprint density at radius 3 is 2.60 bits per heavy atom. The lowest BCUT2D eigenvalue weighted by molar-refractivity contribution is -0.121. The van der Waals surface area contributed by atoms with Crippen LogP contribution in [0, 0.1) is 5.92 Å². The molecule has 136 valence electrons. The molecular formula is C19H27N3O3.